The Morgan fingerprint density at radius 3 is 2.50 bits per heavy atom. The standard InChI is InChI=1S/C17H36N2O/c1-6-17(7-2)14-18-16(12-15(4)5)13-19(17)10-9-11-20-8-3/h15-16,18H,6-14H2,1-5H3. The van der Waals surface area contributed by atoms with E-state index in [-0.39, 0.29) is 0 Å². The van der Waals surface area contributed by atoms with Gasteiger partial charge in [-0.1, -0.05) is 27.7 Å². The Balaban J connectivity index is 2.58. The lowest BCUT2D eigenvalue weighted by Crippen LogP contribution is -2.64. The van der Waals surface area contributed by atoms with Crippen LogP contribution in [0.3, 0.4) is 0 Å². The van der Waals surface area contributed by atoms with Crippen molar-refractivity contribution < 1.29 is 4.74 Å². The van der Waals surface area contributed by atoms with E-state index in [9.17, 15) is 0 Å². The summed E-state index contributed by atoms with van der Waals surface area (Å²) in [6.07, 6.45) is 4.91. The fraction of sp³-hybridized carbons (Fsp3) is 1.00. The Labute approximate surface area is 126 Å². The van der Waals surface area contributed by atoms with Crippen molar-refractivity contribution in [1.82, 2.24) is 10.2 Å². The monoisotopic (exact) mass is 284 g/mol. The third-order valence-electron chi connectivity index (χ3n) is 4.82. The summed E-state index contributed by atoms with van der Waals surface area (Å²) in [5, 5.41) is 3.80. The van der Waals surface area contributed by atoms with Gasteiger partial charge in [-0.3, -0.25) is 4.90 Å². The van der Waals surface area contributed by atoms with E-state index in [1.807, 2.05) is 0 Å². The van der Waals surface area contributed by atoms with Crippen LogP contribution in [-0.4, -0.2) is 49.3 Å². The number of rotatable bonds is 9. The molecule has 1 aliphatic heterocycles. The number of nitrogens with one attached hydrogen (secondary N) is 1. The topological polar surface area (TPSA) is 24.5 Å². The Bertz CT molecular complexity index is 251. The summed E-state index contributed by atoms with van der Waals surface area (Å²) in [4.78, 5) is 2.75. The molecule has 1 atom stereocenters. The second-order valence-electron chi connectivity index (χ2n) is 6.64. The fourth-order valence-corrected chi connectivity index (χ4v) is 3.47. The van der Waals surface area contributed by atoms with Crippen LogP contribution in [0.5, 0.6) is 0 Å². The fourth-order valence-electron chi connectivity index (χ4n) is 3.47. The Hall–Kier alpha value is -0.120. The number of nitrogens with zero attached hydrogens (tertiary/aromatic N) is 1. The van der Waals surface area contributed by atoms with Crippen LogP contribution in [0.1, 0.15) is 60.3 Å². The molecule has 0 amide bonds. The van der Waals surface area contributed by atoms with Gasteiger partial charge in [0.05, 0.1) is 0 Å². The van der Waals surface area contributed by atoms with Gasteiger partial charge in [0.15, 0.2) is 0 Å². The van der Waals surface area contributed by atoms with Crippen LogP contribution >= 0.6 is 0 Å². The molecule has 120 valence electrons. The lowest BCUT2D eigenvalue weighted by Gasteiger charge is -2.50. The van der Waals surface area contributed by atoms with Crippen LogP contribution in [0.25, 0.3) is 0 Å². The highest BCUT2D eigenvalue weighted by atomic mass is 16.5. The van der Waals surface area contributed by atoms with E-state index in [0.717, 1.165) is 32.1 Å². The van der Waals surface area contributed by atoms with Crippen molar-refractivity contribution in [1.29, 1.82) is 0 Å². The third kappa shape index (κ3) is 5.01. The summed E-state index contributed by atoms with van der Waals surface area (Å²) in [6.45, 7) is 16.7. The number of hydrogen-bond donors (Lipinski definition) is 1. The molecule has 0 aromatic heterocycles. The lowest BCUT2D eigenvalue weighted by atomic mass is 9.85. The molecule has 20 heavy (non-hydrogen) atoms. The maximum atomic E-state index is 5.51. The first kappa shape index (κ1) is 17.9. The minimum absolute atomic E-state index is 0.361. The first-order valence-electron chi connectivity index (χ1n) is 8.64. The number of piperazine rings is 1. The quantitative estimate of drug-likeness (QED) is 0.658. The van der Waals surface area contributed by atoms with Crippen LogP contribution in [0.4, 0.5) is 0 Å². The van der Waals surface area contributed by atoms with Gasteiger partial charge in [0.25, 0.3) is 0 Å². The van der Waals surface area contributed by atoms with Crippen LogP contribution < -0.4 is 5.32 Å². The zero-order chi connectivity index (χ0) is 15.0. The molecular formula is C17H36N2O. The van der Waals surface area contributed by atoms with Crippen molar-refractivity contribution in [2.24, 2.45) is 5.92 Å². The second kappa shape index (κ2) is 9.01. The van der Waals surface area contributed by atoms with E-state index < -0.39 is 0 Å². The summed E-state index contributed by atoms with van der Waals surface area (Å²) in [5.41, 5.74) is 0.361. The van der Waals surface area contributed by atoms with E-state index in [1.165, 1.54) is 32.4 Å². The average Bonchev–Trinajstić information content (AvgIpc) is 2.44. The van der Waals surface area contributed by atoms with Crippen molar-refractivity contribution in [3.63, 3.8) is 0 Å². The zero-order valence-electron chi connectivity index (χ0n) is 14.4. The second-order valence-corrected chi connectivity index (χ2v) is 6.64. The first-order valence-corrected chi connectivity index (χ1v) is 8.64. The summed E-state index contributed by atoms with van der Waals surface area (Å²) in [7, 11) is 0. The minimum Gasteiger partial charge on any atom is -0.382 e. The molecule has 1 N–H and O–H groups in total. The smallest absolute Gasteiger partial charge is 0.0478 e. The van der Waals surface area contributed by atoms with Gasteiger partial charge >= 0.3 is 0 Å². The van der Waals surface area contributed by atoms with Gasteiger partial charge in [0.2, 0.25) is 0 Å². The zero-order valence-corrected chi connectivity index (χ0v) is 14.4. The van der Waals surface area contributed by atoms with Crippen LogP contribution in [-0.2, 0) is 4.74 Å². The SMILES string of the molecule is CCOCCCN1CC(CC(C)C)NCC1(CC)CC. The molecule has 0 aliphatic carbocycles. The van der Waals surface area contributed by atoms with Crippen molar-refractivity contribution in [3.05, 3.63) is 0 Å². The molecule has 0 aromatic carbocycles. The Morgan fingerprint density at radius 1 is 1.25 bits per heavy atom. The highest BCUT2D eigenvalue weighted by molar-refractivity contribution is 4.97. The third-order valence-corrected chi connectivity index (χ3v) is 4.82. The Kier molecular flexibility index (Phi) is 8.08. The van der Waals surface area contributed by atoms with Crippen molar-refractivity contribution >= 4 is 0 Å². The molecule has 3 heteroatoms. The van der Waals surface area contributed by atoms with Crippen LogP contribution in [0, 0.1) is 5.92 Å². The highest BCUT2D eigenvalue weighted by Gasteiger charge is 2.38. The van der Waals surface area contributed by atoms with Crippen molar-refractivity contribution in [2.75, 3.05) is 32.8 Å². The Morgan fingerprint density at radius 2 is 1.95 bits per heavy atom. The van der Waals surface area contributed by atoms with Gasteiger partial charge in [0.1, 0.15) is 0 Å². The summed E-state index contributed by atoms with van der Waals surface area (Å²) in [6, 6.07) is 0.660. The minimum atomic E-state index is 0.361. The largest absolute Gasteiger partial charge is 0.382 e. The highest BCUT2D eigenvalue weighted by Crippen LogP contribution is 2.28. The molecule has 0 bridgehead atoms. The maximum Gasteiger partial charge on any atom is 0.0478 e. The van der Waals surface area contributed by atoms with E-state index in [4.69, 9.17) is 4.74 Å². The van der Waals surface area contributed by atoms with Gasteiger partial charge in [-0.15, -0.1) is 0 Å². The van der Waals surface area contributed by atoms with E-state index in [1.54, 1.807) is 0 Å². The summed E-state index contributed by atoms with van der Waals surface area (Å²) >= 11 is 0. The lowest BCUT2D eigenvalue weighted by molar-refractivity contribution is 0.0191. The molecule has 1 saturated heterocycles. The molecular weight excluding hydrogens is 248 g/mol. The van der Waals surface area contributed by atoms with Gasteiger partial charge in [-0.05, 0) is 38.5 Å². The van der Waals surface area contributed by atoms with Crippen molar-refractivity contribution in [2.45, 2.75) is 71.9 Å². The molecule has 1 heterocycles. The molecule has 3 nitrogen and oxygen atoms in total. The molecule has 0 radical (unpaired) electrons. The van der Waals surface area contributed by atoms with E-state index >= 15 is 0 Å². The van der Waals surface area contributed by atoms with Crippen molar-refractivity contribution in [3.8, 4) is 0 Å². The van der Waals surface area contributed by atoms with Crippen LogP contribution in [0.15, 0.2) is 0 Å². The molecule has 0 spiro atoms. The predicted molar refractivity (Wildman–Crippen MR) is 87.2 cm³/mol. The van der Waals surface area contributed by atoms with E-state index in [2.05, 4.69) is 44.8 Å². The summed E-state index contributed by atoms with van der Waals surface area (Å²) in [5.74, 6) is 0.772. The molecule has 1 fully saturated rings. The molecule has 1 unspecified atom stereocenters. The predicted octanol–water partition coefficient (Wildman–Crippen LogP) is 3.29. The van der Waals surface area contributed by atoms with Gasteiger partial charge < -0.3 is 10.1 Å². The van der Waals surface area contributed by atoms with Crippen LogP contribution in [0.2, 0.25) is 0 Å². The number of hydrogen-bond acceptors (Lipinski definition) is 3. The molecule has 0 aromatic rings. The normalized spacial score (nSPS) is 23.4. The average molecular weight is 284 g/mol. The molecule has 0 saturated carbocycles. The number of ether oxygens (including phenoxy) is 1. The molecule has 1 rings (SSSR count). The first-order chi connectivity index (χ1) is 9.57. The maximum absolute atomic E-state index is 5.51. The van der Waals surface area contributed by atoms with Gasteiger partial charge in [-0.25, -0.2) is 0 Å². The van der Waals surface area contributed by atoms with Gasteiger partial charge in [0, 0.05) is 44.4 Å². The van der Waals surface area contributed by atoms with E-state index in [0.29, 0.717) is 11.6 Å². The van der Waals surface area contributed by atoms with Gasteiger partial charge in [-0.2, -0.15) is 0 Å². The molecule has 1 aliphatic rings. The summed E-state index contributed by atoms with van der Waals surface area (Å²) < 4.78 is 5.51.